The molecule has 9 heteroatoms. The molecule has 8 nitrogen and oxygen atoms in total. The first-order valence-electron chi connectivity index (χ1n) is 8.05. The Morgan fingerprint density at radius 1 is 1.35 bits per heavy atom. The summed E-state index contributed by atoms with van der Waals surface area (Å²) < 4.78 is 12.3. The number of alkyl carbamates (subject to hydrolysis) is 1. The Morgan fingerprint density at radius 3 is 2.88 bits per heavy atom. The van der Waals surface area contributed by atoms with Crippen molar-refractivity contribution in [2.75, 3.05) is 12.5 Å². The Kier molecular flexibility index (Phi) is 5.08. The van der Waals surface area contributed by atoms with Crippen LogP contribution >= 0.6 is 11.8 Å². The molecule has 0 spiro atoms. The van der Waals surface area contributed by atoms with Crippen LogP contribution in [0.3, 0.4) is 0 Å². The number of nitrogens with one attached hydrogen (secondary N) is 2. The number of hydrogen-bond acceptors (Lipinski definition) is 7. The van der Waals surface area contributed by atoms with Crippen LogP contribution in [0, 0.1) is 0 Å². The van der Waals surface area contributed by atoms with Crippen LogP contribution in [0.1, 0.15) is 32.2 Å². The number of methoxy groups -OCH3 is 1. The second-order valence-electron chi connectivity index (χ2n) is 6.58. The molecule has 2 N–H and O–H groups in total. The van der Waals surface area contributed by atoms with Crippen molar-refractivity contribution < 1.29 is 14.3 Å². The minimum atomic E-state index is -0.551. The third kappa shape index (κ3) is 4.29. The van der Waals surface area contributed by atoms with Crippen molar-refractivity contribution in [3.05, 3.63) is 41.1 Å². The monoisotopic (exact) mass is 375 g/mol. The molecule has 1 amide bonds. The number of hydrogen-bond donors (Lipinski definition) is 2. The van der Waals surface area contributed by atoms with E-state index in [1.165, 1.54) is 11.8 Å². The molecular weight excluding hydrogens is 354 g/mol. The number of rotatable bonds is 4. The molecule has 1 aliphatic heterocycles. The van der Waals surface area contributed by atoms with Crippen molar-refractivity contribution in [2.45, 2.75) is 38.1 Å². The smallest absolute Gasteiger partial charge is 0.408 e. The Labute approximate surface area is 155 Å². The predicted molar refractivity (Wildman–Crippen MR) is 99.3 cm³/mol. The zero-order valence-electron chi connectivity index (χ0n) is 15.1. The van der Waals surface area contributed by atoms with Gasteiger partial charge >= 0.3 is 6.09 Å². The fourth-order valence-corrected chi connectivity index (χ4v) is 3.01. The van der Waals surface area contributed by atoms with Gasteiger partial charge in [0.05, 0.1) is 19.4 Å². The number of nitrogens with zero attached hydrogens (tertiary/aromatic N) is 3. The van der Waals surface area contributed by atoms with E-state index in [0.717, 1.165) is 17.0 Å². The van der Waals surface area contributed by atoms with Gasteiger partial charge in [-0.2, -0.15) is 0 Å². The second-order valence-corrected chi connectivity index (χ2v) is 7.42. The van der Waals surface area contributed by atoms with Crippen molar-refractivity contribution in [3.8, 4) is 5.75 Å². The standard InChI is InChI=1S/C17H21N5O3S/c1-17(2,3)25-16(23)18-9-14-19-20-15-22(14)21-13(10-26-15)11-6-5-7-12(8-11)24-4/h5-8,10,21H,9H2,1-4H3,(H,18,23). The van der Waals surface area contributed by atoms with Gasteiger partial charge in [-0.25, -0.2) is 9.47 Å². The van der Waals surface area contributed by atoms with Gasteiger partial charge in [-0.15, -0.1) is 10.2 Å². The van der Waals surface area contributed by atoms with Crippen LogP contribution in [0.5, 0.6) is 5.75 Å². The van der Waals surface area contributed by atoms with E-state index in [9.17, 15) is 4.79 Å². The highest BCUT2D eigenvalue weighted by Gasteiger charge is 2.20. The number of fused-ring (bicyclic) bond motifs is 1. The molecule has 0 saturated heterocycles. The first-order valence-corrected chi connectivity index (χ1v) is 8.93. The quantitative estimate of drug-likeness (QED) is 0.849. The summed E-state index contributed by atoms with van der Waals surface area (Å²) in [6, 6.07) is 7.73. The fourth-order valence-electron chi connectivity index (χ4n) is 2.25. The molecule has 0 aliphatic carbocycles. The molecular formula is C17H21N5O3S. The molecule has 0 bridgehead atoms. The van der Waals surface area contributed by atoms with Gasteiger partial charge in [-0.3, -0.25) is 5.43 Å². The van der Waals surface area contributed by atoms with Crippen molar-refractivity contribution in [1.29, 1.82) is 0 Å². The Bertz CT molecular complexity index is 841. The lowest BCUT2D eigenvalue weighted by molar-refractivity contribution is 0.0522. The first-order chi connectivity index (χ1) is 12.4. The molecule has 2 heterocycles. The molecule has 0 unspecified atom stereocenters. The van der Waals surface area contributed by atoms with Crippen LogP contribution in [0.15, 0.2) is 34.8 Å². The third-order valence-electron chi connectivity index (χ3n) is 3.39. The van der Waals surface area contributed by atoms with E-state index < -0.39 is 11.7 Å². The summed E-state index contributed by atoms with van der Waals surface area (Å²) in [4.78, 5) is 11.8. The minimum absolute atomic E-state index is 0.195. The summed E-state index contributed by atoms with van der Waals surface area (Å²) in [6.07, 6.45) is -0.498. The first kappa shape index (κ1) is 18.1. The zero-order valence-corrected chi connectivity index (χ0v) is 15.9. The lowest BCUT2D eigenvalue weighted by atomic mass is 10.2. The van der Waals surface area contributed by atoms with Crippen LogP contribution in [0.25, 0.3) is 5.70 Å². The molecule has 3 rings (SSSR count). The number of ether oxygens (including phenoxy) is 2. The number of carbonyl (C=O) groups is 1. The third-order valence-corrected chi connectivity index (χ3v) is 4.21. The average Bonchev–Trinajstić information content (AvgIpc) is 3.01. The normalized spacial score (nSPS) is 13.3. The average molecular weight is 375 g/mol. The van der Waals surface area contributed by atoms with Gasteiger partial charge in [0.1, 0.15) is 11.4 Å². The zero-order chi connectivity index (χ0) is 18.7. The summed E-state index contributed by atoms with van der Waals surface area (Å²) in [6.45, 7) is 5.64. The van der Waals surface area contributed by atoms with E-state index in [-0.39, 0.29) is 6.54 Å². The SMILES string of the molecule is COc1cccc(C2=CSc3nnc(CNC(=O)OC(C)(C)C)n3N2)c1. The summed E-state index contributed by atoms with van der Waals surface area (Å²) in [5.41, 5.74) is 4.58. The highest BCUT2D eigenvalue weighted by molar-refractivity contribution is 8.02. The van der Waals surface area contributed by atoms with E-state index in [1.54, 1.807) is 11.8 Å². The Morgan fingerprint density at radius 2 is 2.15 bits per heavy atom. The van der Waals surface area contributed by atoms with Crippen LogP contribution in [0.2, 0.25) is 0 Å². The van der Waals surface area contributed by atoms with Crippen molar-refractivity contribution in [3.63, 3.8) is 0 Å². The van der Waals surface area contributed by atoms with Gasteiger partial charge in [0.15, 0.2) is 5.82 Å². The fraction of sp³-hybridized carbons (Fsp3) is 0.353. The number of benzene rings is 1. The number of aromatic nitrogens is 3. The second kappa shape index (κ2) is 7.28. The van der Waals surface area contributed by atoms with Crippen LogP contribution < -0.4 is 15.5 Å². The highest BCUT2D eigenvalue weighted by Crippen LogP contribution is 2.29. The summed E-state index contributed by atoms with van der Waals surface area (Å²) in [5, 5.41) is 13.6. The van der Waals surface area contributed by atoms with Gasteiger partial charge in [0.2, 0.25) is 5.16 Å². The molecule has 1 aromatic carbocycles. The summed E-state index contributed by atoms with van der Waals surface area (Å²) in [5.74, 6) is 1.35. The molecule has 26 heavy (non-hydrogen) atoms. The molecule has 0 radical (unpaired) electrons. The van der Waals surface area contributed by atoms with Crippen LogP contribution in [0.4, 0.5) is 4.79 Å². The maximum atomic E-state index is 11.8. The lowest BCUT2D eigenvalue weighted by Crippen LogP contribution is -2.33. The molecule has 138 valence electrons. The van der Waals surface area contributed by atoms with Gasteiger partial charge in [0.25, 0.3) is 0 Å². The van der Waals surface area contributed by atoms with Gasteiger partial charge in [-0.1, -0.05) is 23.9 Å². The molecule has 2 aromatic rings. The van der Waals surface area contributed by atoms with E-state index in [4.69, 9.17) is 9.47 Å². The van der Waals surface area contributed by atoms with Gasteiger partial charge in [-0.05, 0) is 32.9 Å². The summed E-state index contributed by atoms with van der Waals surface area (Å²) >= 11 is 1.45. The van der Waals surface area contributed by atoms with Gasteiger partial charge < -0.3 is 14.8 Å². The van der Waals surface area contributed by atoms with Crippen molar-refractivity contribution in [1.82, 2.24) is 20.2 Å². The lowest BCUT2D eigenvalue weighted by Gasteiger charge is -2.21. The minimum Gasteiger partial charge on any atom is -0.497 e. The maximum absolute atomic E-state index is 11.8. The number of thioether (sulfide) groups is 1. The largest absolute Gasteiger partial charge is 0.497 e. The molecule has 0 saturated carbocycles. The van der Waals surface area contributed by atoms with E-state index in [0.29, 0.717) is 11.0 Å². The molecule has 0 fully saturated rings. The molecule has 1 aliphatic rings. The van der Waals surface area contributed by atoms with Crippen molar-refractivity contribution in [2.24, 2.45) is 0 Å². The highest BCUT2D eigenvalue weighted by atomic mass is 32.2. The van der Waals surface area contributed by atoms with E-state index in [2.05, 4.69) is 20.9 Å². The topological polar surface area (TPSA) is 90.3 Å². The number of amides is 1. The Hall–Kier alpha value is -2.68. The van der Waals surface area contributed by atoms with Crippen LogP contribution in [-0.2, 0) is 11.3 Å². The van der Waals surface area contributed by atoms with E-state index >= 15 is 0 Å². The van der Waals surface area contributed by atoms with E-state index in [1.807, 2.05) is 50.4 Å². The van der Waals surface area contributed by atoms with Crippen LogP contribution in [-0.4, -0.2) is 33.7 Å². The molecule has 0 atom stereocenters. The summed E-state index contributed by atoms with van der Waals surface area (Å²) in [7, 11) is 1.63. The number of carbonyl (C=O) groups excluding carboxylic acids is 1. The predicted octanol–water partition coefficient (Wildman–Crippen LogP) is 2.96. The van der Waals surface area contributed by atoms with Gasteiger partial charge in [0, 0.05) is 11.0 Å². The van der Waals surface area contributed by atoms with Crippen molar-refractivity contribution >= 4 is 23.6 Å². The maximum Gasteiger partial charge on any atom is 0.408 e. The molecule has 1 aromatic heterocycles. The Balaban J connectivity index is 1.70.